The number of aromatic carboxylic acids is 1. The Morgan fingerprint density at radius 3 is 2.40 bits per heavy atom. The molecule has 0 atom stereocenters. The molecule has 0 aliphatic carbocycles. The Bertz CT molecular complexity index is 1610. The van der Waals surface area contributed by atoms with Crippen LogP contribution in [0.3, 0.4) is 0 Å². The summed E-state index contributed by atoms with van der Waals surface area (Å²) in [5, 5.41) is 37.5. The van der Waals surface area contributed by atoms with Crippen LogP contribution in [0.15, 0.2) is 59.1 Å². The van der Waals surface area contributed by atoms with Crippen molar-refractivity contribution in [1.29, 1.82) is 10.5 Å². The van der Waals surface area contributed by atoms with Crippen LogP contribution in [0.5, 0.6) is 0 Å². The summed E-state index contributed by atoms with van der Waals surface area (Å²) in [5.41, 5.74) is 1.57. The molecule has 4 rings (SSSR count). The fourth-order valence-electron chi connectivity index (χ4n) is 3.56. The van der Waals surface area contributed by atoms with Crippen molar-refractivity contribution in [2.24, 2.45) is 0 Å². The number of aromatic nitrogens is 1. The lowest BCUT2D eigenvalue weighted by atomic mass is 9.96. The Hall–Kier alpha value is -5.48. The third-order valence-corrected chi connectivity index (χ3v) is 5.10. The lowest BCUT2D eigenvalue weighted by molar-refractivity contribution is -0.114. The highest BCUT2D eigenvalue weighted by Crippen LogP contribution is 2.35. The van der Waals surface area contributed by atoms with Gasteiger partial charge in [0, 0.05) is 29.8 Å². The van der Waals surface area contributed by atoms with Crippen molar-refractivity contribution in [3.05, 3.63) is 77.0 Å². The number of nitriles is 2. The number of carbonyl (C=O) groups excluding carboxylic acids is 2. The van der Waals surface area contributed by atoms with Crippen LogP contribution in [0.2, 0.25) is 0 Å². The smallest absolute Gasteiger partial charge is 0.337 e. The number of hydrogen-bond acceptors (Lipinski definition) is 7. The highest BCUT2D eigenvalue weighted by atomic mass is 16.5. The Balaban J connectivity index is 1.80. The molecule has 3 aromatic carbocycles. The first-order valence-corrected chi connectivity index (χ1v) is 10.1. The van der Waals surface area contributed by atoms with Gasteiger partial charge in [-0.2, -0.15) is 10.5 Å². The molecule has 10 nitrogen and oxygen atoms in total. The number of nitrogens with one attached hydrogen (secondary N) is 2. The predicted molar refractivity (Wildman–Crippen MR) is 125 cm³/mol. The topological polar surface area (TPSA) is 169 Å². The average Bonchev–Trinajstić information content (AvgIpc) is 3.26. The van der Waals surface area contributed by atoms with Crippen LogP contribution in [0, 0.1) is 22.7 Å². The van der Waals surface area contributed by atoms with Gasteiger partial charge in [0.2, 0.25) is 5.91 Å². The molecule has 35 heavy (non-hydrogen) atoms. The Labute approximate surface area is 198 Å². The van der Waals surface area contributed by atoms with Crippen molar-refractivity contribution in [1.82, 2.24) is 5.16 Å². The Morgan fingerprint density at radius 1 is 0.943 bits per heavy atom. The fraction of sp³-hybridized carbons (Fsp3) is 0.0400. The minimum atomic E-state index is -1.32. The summed E-state index contributed by atoms with van der Waals surface area (Å²) in [6.07, 6.45) is 0. The van der Waals surface area contributed by atoms with Gasteiger partial charge in [-0.15, -0.1) is 0 Å². The number of nitrogens with zero attached hydrogens (tertiary/aromatic N) is 3. The van der Waals surface area contributed by atoms with E-state index >= 15 is 0 Å². The van der Waals surface area contributed by atoms with Crippen molar-refractivity contribution in [3.8, 4) is 23.3 Å². The molecule has 0 saturated carbocycles. The number of fused-ring (bicyclic) bond motifs is 1. The van der Waals surface area contributed by atoms with Crippen LogP contribution in [0.4, 0.5) is 11.4 Å². The molecular weight excluding hydrogens is 450 g/mol. The Morgan fingerprint density at radius 2 is 1.71 bits per heavy atom. The third-order valence-electron chi connectivity index (χ3n) is 5.10. The number of para-hydroxylation sites is 1. The van der Waals surface area contributed by atoms with Crippen molar-refractivity contribution in [2.45, 2.75) is 6.92 Å². The SMILES string of the molecule is CC(=O)Nc1ccccc1-c1cc2c(C(=O)Nc3ccc(C#N)cc3C(=O)O)noc2cc1C#N. The van der Waals surface area contributed by atoms with E-state index in [1.807, 2.05) is 6.07 Å². The maximum absolute atomic E-state index is 13.0. The zero-order valence-corrected chi connectivity index (χ0v) is 18.1. The van der Waals surface area contributed by atoms with Crippen LogP contribution >= 0.6 is 0 Å². The van der Waals surface area contributed by atoms with Gasteiger partial charge in [-0.25, -0.2) is 4.79 Å². The molecule has 0 bridgehead atoms. The summed E-state index contributed by atoms with van der Waals surface area (Å²) in [4.78, 5) is 36.3. The van der Waals surface area contributed by atoms with E-state index in [1.54, 1.807) is 30.3 Å². The molecule has 10 heteroatoms. The van der Waals surface area contributed by atoms with E-state index in [2.05, 4.69) is 21.9 Å². The van der Waals surface area contributed by atoms with Crippen LogP contribution < -0.4 is 10.6 Å². The minimum Gasteiger partial charge on any atom is -0.478 e. The van der Waals surface area contributed by atoms with Gasteiger partial charge >= 0.3 is 5.97 Å². The van der Waals surface area contributed by atoms with Crippen LogP contribution in [-0.2, 0) is 4.79 Å². The van der Waals surface area contributed by atoms with Crippen LogP contribution in [-0.4, -0.2) is 28.0 Å². The predicted octanol–water partition coefficient (Wildman–Crippen LogP) is 4.15. The molecule has 0 radical (unpaired) electrons. The minimum absolute atomic E-state index is 0.0254. The number of rotatable bonds is 5. The first-order chi connectivity index (χ1) is 16.8. The largest absolute Gasteiger partial charge is 0.478 e. The Kier molecular flexibility index (Phi) is 5.95. The molecule has 170 valence electrons. The third kappa shape index (κ3) is 4.40. The number of anilines is 2. The summed E-state index contributed by atoms with van der Waals surface area (Å²) in [5.74, 6) is -2.36. The first kappa shape index (κ1) is 22.7. The maximum Gasteiger partial charge on any atom is 0.337 e. The highest BCUT2D eigenvalue weighted by Gasteiger charge is 2.22. The second-order valence-electron chi connectivity index (χ2n) is 7.40. The fourth-order valence-corrected chi connectivity index (χ4v) is 3.56. The molecule has 0 aliphatic rings. The summed E-state index contributed by atoms with van der Waals surface area (Å²) in [7, 11) is 0. The monoisotopic (exact) mass is 465 g/mol. The van der Waals surface area contributed by atoms with Crippen molar-refractivity contribution in [2.75, 3.05) is 10.6 Å². The van der Waals surface area contributed by atoms with E-state index in [9.17, 15) is 24.8 Å². The molecule has 3 N–H and O–H groups in total. The van der Waals surface area contributed by atoms with Gasteiger partial charge in [0.15, 0.2) is 11.3 Å². The van der Waals surface area contributed by atoms with Crippen LogP contribution in [0.25, 0.3) is 22.1 Å². The van der Waals surface area contributed by atoms with E-state index in [0.29, 0.717) is 16.8 Å². The zero-order chi connectivity index (χ0) is 25.1. The number of benzene rings is 3. The van der Waals surface area contributed by atoms with Gasteiger partial charge in [0.25, 0.3) is 5.91 Å². The average molecular weight is 465 g/mol. The van der Waals surface area contributed by atoms with Crippen molar-refractivity contribution in [3.63, 3.8) is 0 Å². The molecule has 0 aliphatic heterocycles. The molecule has 4 aromatic rings. The summed E-state index contributed by atoms with van der Waals surface area (Å²) in [6, 6.07) is 17.6. The molecule has 0 unspecified atom stereocenters. The van der Waals surface area contributed by atoms with Gasteiger partial charge in [-0.05, 0) is 30.3 Å². The van der Waals surface area contributed by atoms with E-state index in [0.717, 1.165) is 6.07 Å². The lowest BCUT2D eigenvalue weighted by Gasteiger charge is -2.11. The number of carbonyl (C=O) groups is 3. The van der Waals surface area contributed by atoms with E-state index in [4.69, 9.17) is 9.78 Å². The molecular formula is C25H15N5O5. The van der Waals surface area contributed by atoms with Gasteiger partial charge < -0.3 is 20.3 Å². The highest BCUT2D eigenvalue weighted by molar-refractivity contribution is 6.13. The second kappa shape index (κ2) is 9.17. The van der Waals surface area contributed by atoms with Gasteiger partial charge in [0.05, 0.1) is 39.9 Å². The summed E-state index contributed by atoms with van der Waals surface area (Å²) in [6.45, 7) is 1.36. The first-order valence-electron chi connectivity index (χ1n) is 10.1. The number of carboxylic acid groups (broad SMARTS) is 1. The summed E-state index contributed by atoms with van der Waals surface area (Å²) >= 11 is 0. The van der Waals surface area contributed by atoms with Crippen molar-refractivity contribution >= 4 is 40.1 Å². The molecule has 1 aromatic heterocycles. The quantitative estimate of drug-likeness (QED) is 0.395. The lowest BCUT2D eigenvalue weighted by Crippen LogP contribution is -2.15. The second-order valence-corrected chi connectivity index (χ2v) is 7.40. The molecule has 0 saturated heterocycles. The van der Waals surface area contributed by atoms with E-state index < -0.39 is 11.9 Å². The number of carboxylic acids is 1. The normalized spacial score (nSPS) is 10.3. The standard InChI is InChI=1S/C25H15N5O5/c1-13(31)28-20-5-3-2-4-16(20)17-10-19-22(9-15(17)12-27)35-30-23(19)24(32)29-21-7-6-14(11-26)8-18(21)25(33)34/h2-10H,1H3,(H,28,31)(H,29,32)(H,33,34). The zero-order valence-electron chi connectivity index (χ0n) is 18.1. The van der Waals surface area contributed by atoms with E-state index in [-0.39, 0.29) is 44.9 Å². The number of amides is 2. The van der Waals surface area contributed by atoms with E-state index in [1.165, 1.54) is 25.1 Å². The molecule has 1 heterocycles. The van der Waals surface area contributed by atoms with Gasteiger partial charge in [-0.1, -0.05) is 23.4 Å². The van der Waals surface area contributed by atoms with Gasteiger partial charge in [0.1, 0.15) is 0 Å². The van der Waals surface area contributed by atoms with Gasteiger partial charge in [-0.3, -0.25) is 9.59 Å². The number of hydrogen-bond donors (Lipinski definition) is 3. The maximum atomic E-state index is 13.0. The molecule has 0 spiro atoms. The summed E-state index contributed by atoms with van der Waals surface area (Å²) < 4.78 is 5.26. The molecule has 0 fully saturated rings. The molecule has 2 amide bonds. The van der Waals surface area contributed by atoms with Crippen LogP contribution in [0.1, 0.15) is 38.9 Å². The van der Waals surface area contributed by atoms with Crippen molar-refractivity contribution < 1.29 is 24.0 Å².